The Bertz CT molecular complexity index is 1070. The van der Waals surface area contributed by atoms with Gasteiger partial charge in [0.25, 0.3) is 11.6 Å². The van der Waals surface area contributed by atoms with Crippen LogP contribution in [0.25, 0.3) is 0 Å². The van der Waals surface area contributed by atoms with Crippen molar-refractivity contribution in [1.82, 2.24) is 9.80 Å². The lowest BCUT2D eigenvalue weighted by atomic mass is 10.0. The van der Waals surface area contributed by atoms with E-state index < -0.39 is 23.0 Å². The Kier molecular flexibility index (Phi) is 5.79. The molecule has 1 atom stereocenters. The van der Waals surface area contributed by atoms with Gasteiger partial charge in [-0.25, -0.2) is 9.69 Å². The summed E-state index contributed by atoms with van der Waals surface area (Å²) in [4.78, 5) is 37.6. The smallest absolute Gasteiger partial charge is 0.418 e. The highest BCUT2D eigenvalue weighted by Gasteiger charge is 2.38. The summed E-state index contributed by atoms with van der Waals surface area (Å²) in [5.41, 5.74) is 0.828. The normalized spacial score (nSPS) is 16.1. The second-order valence-electron chi connectivity index (χ2n) is 6.41. The maximum atomic E-state index is 13.3. The van der Waals surface area contributed by atoms with Crippen LogP contribution in [0.5, 0.6) is 5.75 Å². The van der Waals surface area contributed by atoms with Crippen molar-refractivity contribution in [2.45, 2.75) is 13.0 Å². The summed E-state index contributed by atoms with van der Waals surface area (Å²) in [5.74, 6) is 0.0000619. The highest BCUT2D eigenvalue weighted by molar-refractivity contribution is 7.80. The highest BCUT2D eigenvalue weighted by atomic mass is 32.1. The Morgan fingerprint density at radius 2 is 1.87 bits per heavy atom. The van der Waals surface area contributed by atoms with Crippen molar-refractivity contribution in [3.8, 4) is 5.75 Å². The van der Waals surface area contributed by atoms with Crippen LogP contribution < -0.4 is 4.74 Å². The van der Waals surface area contributed by atoms with Gasteiger partial charge in [-0.15, -0.1) is 0 Å². The van der Waals surface area contributed by atoms with E-state index in [4.69, 9.17) is 17.0 Å². The fraction of sp³-hybridized carbons (Fsp3) is 0.150. The number of hydrogen-bond donors (Lipinski definition) is 1. The van der Waals surface area contributed by atoms with E-state index in [2.05, 4.69) is 0 Å². The molecule has 2 aromatic carbocycles. The molecule has 1 unspecified atom stereocenters. The number of amides is 2. The number of ether oxygens (including phenoxy) is 1. The van der Waals surface area contributed by atoms with Crippen LogP contribution in [0.1, 0.15) is 28.9 Å². The van der Waals surface area contributed by atoms with E-state index in [-0.39, 0.29) is 16.4 Å². The molecule has 1 heterocycles. The summed E-state index contributed by atoms with van der Waals surface area (Å²) < 4.78 is 5.09. The zero-order valence-electron chi connectivity index (χ0n) is 16.0. The zero-order valence-corrected chi connectivity index (χ0v) is 16.8. The van der Waals surface area contributed by atoms with Crippen molar-refractivity contribution in [3.63, 3.8) is 0 Å². The number of carbonyl (C=O) groups excluding carboxylic acids is 1. The number of nitro benzene ring substituents is 1. The Hall–Kier alpha value is -3.79. The molecule has 30 heavy (non-hydrogen) atoms. The molecular formula is C20H17N3O6S. The van der Waals surface area contributed by atoms with Crippen molar-refractivity contribution >= 4 is 35.0 Å². The van der Waals surface area contributed by atoms with E-state index in [9.17, 15) is 24.8 Å². The van der Waals surface area contributed by atoms with Crippen LogP contribution in [-0.2, 0) is 0 Å². The van der Waals surface area contributed by atoms with E-state index in [1.807, 2.05) is 0 Å². The number of nitrogens with zero attached hydrogens (tertiary/aromatic N) is 3. The average Bonchev–Trinajstić information content (AvgIpc) is 2.72. The Morgan fingerprint density at radius 3 is 2.43 bits per heavy atom. The first-order valence-electron chi connectivity index (χ1n) is 8.72. The summed E-state index contributed by atoms with van der Waals surface area (Å²) in [6, 6.07) is 11.2. The molecule has 0 aromatic heterocycles. The molecule has 2 aromatic rings. The van der Waals surface area contributed by atoms with Crippen molar-refractivity contribution < 1.29 is 24.4 Å². The van der Waals surface area contributed by atoms with E-state index in [1.165, 1.54) is 43.5 Å². The molecule has 10 heteroatoms. The predicted octanol–water partition coefficient (Wildman–Crippen LogP) is 3.97. The van der Waals surface area contributed by atoms with E-state index in [1.54, 1.807) is 25.1 Å². The molecule has 2 amide bonds. The minimum atomic E-state index is -1.33. The van der Waals surface area contributed by atoms with Gasteiger partial charge in [0.2, 0.25) is 0 Å². The number of thiocarbonyl (C=S) groups is 1. The lowest BCUT2D eigenvalue weighted by Gasteiger charge is -2.39. The SMILES string of the molecule is COc1ccc(C(=O)N2C(=S)N(C(=O)O)C(C)=CC2c2cccc([N+](=O)[O-])c2)cc1. The molecule has 0 fully saturated rings. The Labute approximate surface area is 176 Å². The quantitative estimate of drug-likeness (QED) is 0.446. The third kappa shape index (κ3) is 3.85. The van der Waals surface area contributed by atoms with Crippen molar-refractivity contribution in [2.24, 2.45) is 0 Å². The third-order valence-electron chi connectivity index (χ3n) is 4.60. The van der Waals surface area contributed by atoms with E-state index in [0.717, 1.165) is 9.80 Å². The summed E-state index contributed by atoms with van der Waals surface area (Å²) in [7, 11) is 1.49. The van der Waals surface area contributed by atoms with E-state index >= 15 is 0 Å². The molecule has 0 bridgehead atoms. The number of carboxylic acid groups (broad SMARTS) is 1. The molecule has 3 rings (SSSR count). The number of rotatable bonds is 4. The van der Waals surface area contributed by atoms with Gasteiger partial charge in [-0.3, -0.25) is 19.8 Å². The Morgan fingerprint density at radius 1 is 1.20 bits per heavy atom. The first-order chi connectivity index (χ1) is 14.2. The lowest BCUT2D eigenvalue weighted by Crippen LogP contribution is -2.51. The van der Waals surface area contributed by atoms with Gasteiger partial charge in [0.15, 0.2) is 5.11 Å². The third-order valence-corrected chi connectivity index (χ3v) is 4.98. The standard InChI is InChI=1S/C20H17N3O6S/c1-12-10-17(14-4-3-5-15(11-14)23(27)28)22(19(30)21(12)20(25)26)18(24)13-6-8-16(29-2)9-7-13/h3-11,17H,1-2H3,(H,25,26). The van der Waals surface area contributed by atoms with E-state index in [0.29, 0.717) is 17.0 Å². The first-order valence-corrected chi connectivity index (χ1v) is 9.13. The lowest BCUT2D eigenvalue weighted by molar-refractivity contribution is -0.384. The van der Waals surface area contributed by atoms with Crippen LogP contribution in [0, 0.1) is 10.1 Å². The molecule has 0 aliphatic carbocycles. The molecular weight excluding hydrogens is 410 g/mol. The molecule has 1 aliphatic rings. The van der Waals surface area contributed by atoms with Crippen molar-refractivity contribution in [2.75, 3.05) is 7.11 Å². The van der Waals surface area contributed by atoms with Gasteiger partial charge < -0.3 is 9.84 Å². The second-order valence-corrected chi connectivity index (χ2v) is 6.77. The molecule has 154 valence electrons. The number of nitro groups is 1. The van der Waals surface area contributed by atoms with Crippen molar-refractivity contribution in [3.05, 3.63) is 81.5 Å². The van der Waals surface area contributed by atoms with Gasteiger partial charge >= 0.3 is 6.09 Å². The predicted molar refractivity (Wildman–Crippen MR) is 111 cm³/mol. The number of carbonyl (C=O) groups is 2. The molecule has 0 saturated carbocycles. The maximum absolute atomic E-state index is 13.3. The zero-order chi connectivity index (χ0) is 22.0. The molecule has 0 saturated heterocycles. The van der Waals surface area contributed by atoms with Crippen LogP contribution >= 0.6 is 12.2 Å². The highest BCUT2D eigenvalue weighted by Crippen LogP contribution is 2.34. The monoisotopic (exact) mass is 427 g/mol. The second kappa shape index (κ2) is 8.29. The number of hydrogen-bond acceptors (Lipinski definition) is 6. The Balaban J connectivity index is 2.12. The summed E-state index contributed by atoms with van der Waals surface area (Å²) in [5, 5.41) is 20.5. The topological polar surface area (TPSA) is 113 Å². The molecule has 1 N–H and O–H groups in total. The van der Waals surface area contributed by atoms with Gasteiger partial charge in [-0.05, 0) is 55.0 Å². The minimum Gasteiger partial charge on any atom is -0.497 e. The number of methoxy groups -OCH3 is 1. The van der Waals surface area contributed by atoms with Gasteiger partial charge in [0.1, 0.15) is 5.75 Å². The summed E-state index contributed by atoms with van der Waals surface area (Å²) >= 11 is 5.34. The van der Waals surface area contributed by atoms with Gasteiger partial charge in [-0.1, -0.05) is 12.1 Å². The summed E-state index contributed by atoms with van der Waals surface area (Å²) in [6.07, 6.45) is 0.198. The summed E-state index contributed by atoms with van der Waals surface area (Å²) in [6.45, 7) is 1.54. The van der Waals surface area contributed by atoms with Gasteiger partial charge in [0.05, 0.1) is 18.1 Å². The fourth-order valence-electron chi connectivity index (χ4n) is 3.14. The molecule has 9 nitrogen and oxygen atoms in total. The average molecular weight is 427 g/mol. The van der Waals surface area contributed by atoms with Crippen LogP contribution in [0.2, 0.25) is 0 Å². The van der Waals surface area contributed by atoms with Crippen LogP contribution in [0.4, 0.5) is 10.5 Å². The minimum absolute atomic E-state index is 0.151. The van der Waals surface area contributed by atoms with Crippen LogP contribution in [-0.4, -0.2) is 44.1 Å². The molecule has 1 aliphatic heterocycles. The number of benzene rings is 2. The number of allylic oxidation sites excluding steroid dienone is 1. The van der Waals surface area contributed by atoms with Gasteiger partial charge in [-0.2, -0.15) is 0 Å². The fourth-order valence-corrected chi connectivity index (χ4v) is 3.56. The van der Waals surface area contributed by atoms with Crippen molar-refractivity contribution in [1.29, 1.82) is 0 Å². The van der Waals surface area contributed by atoms with Gasteiger partial charge in [0, 0.05) is 23.4 Å². The number of non-ortho nitro benzene ring substituents is 1. The van der Waals surface area contributed by atoms with Crippen LogP contribution in [0.3, 0.4) is 0 Å². The maximum Gasteiger partial charge on any atom is 0.418 e. The molecule has 0 spiro atoms. The largest absolute Gasteiger partial charge is 0.497 e. The van der Waals surface area contributed by atoms with Crippen LogP contribution in [0.15, 0.2) is 60.3 Å². The first kappa shape index (κ1) is 20.9. The molecule has 0 radical (unpaired) electrons.